The van der Waals surface area contributed by atoms with Crippen LogP contribution in [0.3, 0.4) is 0 Å². The first-order valence-corrected chi connectivity index (χ1v) is 10.1. The highest BCUT2D eigenvalue weighted by Crippen LogP contribution is 2.43. The number of methoxy groups -OCH3 is 1. The number of carbonyl (C=O) groups is 1. The molecule has 2 fully saturated rings. The summed E-state index contributed by atoms with van der Waals surface area (Å²) in [6.45, 7) is 1.27. The summed E-state index contributed by atoms with van der Waals surface area (Å²) in [4.78, 5) is 15.5. The zero-order chi connectivity index (χ0) is 19.6. The van der Waals surface area contributed by atoms with Crippen LogP contribution in [0.15, 0.2) is 36.4 Å². The highest BCUT2D eigenvalue weighted by atomic mass is 35.5. The maximum absolute atomic E-state index is 13.5. The third kappa shape index (κ3) is 3.65. The normalized spacial score (nSPS) is 20.9. The molecule has 1 saturated carbocycles. The highest BCUT2D eigenvalue weighted by molar-refractivity contribution is 6.30. The Bertz CT molecular complexity index is 820. The molecule has 1 aliphatic heterocycles. The Balaban J connectivity index is 1.46. The minimum atomic E-state index is -0.431. The maximum Gasteiger partial charge on any atom is 0.233 e. The smallest absolute Gasteiger partial charge is 0.233 e. The van der Waals surface area contributed by atoms with E-state index in [1.165, 1.54) is 0 Å². The number of aromatic nitrogens is 2. The molecule has 2 aromatic rings. The minimum absolute atomic E-state index is 0.0738. The fraction of sp³-hybridized carbons (Fsp3) is 0.476. The van der Waals surface area contributed by atoms with Crippen LogP contribution in [0.2, 0.25) is 5.02 Å². The van der Waals surface area contributed by atoms with E-state index in [9.17, 15) is 4.79 Å². The Morgan fingerprint density at radius 2 is 1.79 bits per heavy atom. The molecule has 1 aromatic carbocycles. The van der Waals surface area contributed by atoms with Gasteiger partial charge in [0.15, 0.2) is 0 Å². The Morgan fingerprint density at radius 1 is 1.11 bits per heavy atom. The largest absolute Gasteiger partial charge is 0.480 e. The van der Waals surface area contributed by atoms with E-state index in [1.807, 2.05) is 29.2 Å². The Labute approximate surface area is 169 Å². The number of likely N-dealkylation sites (tertiary alicyclic amines) is 1. The molecule has 7 heteroatoms. The summed E-state index contributed by atoms with van der Waals surface area (Å²) in [5.41, 5.74) is 0.643. The predicted molar refractivity (Wildman–Crippen MR) is 106 cm³/mol. The second-order valence-corrected chi connectivity index (χ2v) is 7.93. The van der Waals surface area contributed by atoms with Crippen molar-refractivity contribution < 1.29 is 14.3 Å². The quantitative estimate of drug-likeness (QED) is 0.765. The average Bonchev–Trinajstić information content (AvgIpc) is 3.39. The average molecular weight is 402 g/mol. The fourth-order valence-corrected chi connectivity index (χ4v) is 4.46. The van der Waals surface area contributed by atoms with Crippen LogP contribution < -0.4 is 9.47 Å². The Kier molecular flexibility index (Phi) is 5.40. The molecule has 1 atom stereocenters. The van der Waals surface area contributed by atoms with Crippen molar-refractivity contribution in [2.75, 3.05) is 20.2 Å². The van der Waals surface area contributed by atoms with Gasteiger partial charge in [-0.05, 0) is 30.5 Å². The van der Waals surface area contributed by atoms with Crippen molar-refractivity contribution >= 4 is 17.5 Å². The summed E-state index contributed by atoms with van der Waals surface area (Å²) in [5, 5.41) is 8.64. The van der Waals surface area contributed by atoms with Gasteiger partial charge in [0.1, 0.15) is 6.10 Å². The lowest BCUT2D eigenvalue weighted by Gasteiger charge is -2.33. The SMILES string of the molecule is COc1ccc(OC2CCN(C(=O)C3(c4ccc(Cl)cc4)CCCC3)C2)nn1. The van der Waals surface area contributed by atoms with Gasteiger partial charge in [-0.15, -0.1) is 10.2 Å². The van der Waals surface area contributed by atoms with Gasteiger partial charge >= 0.3 is 0 Å². The van der Waals surface area contributed by atoms with Crippen molar-refractivity contribution in [3.8, 4) is 11.8 Å². The van der Waals surface area contributed by atoms with Crippen LogP contribution >= 0.6 is 11.6 Å². The topological polar surface area (TPSA) is 64.6 Å². The van der Waals surface area contributed by atoms with E-state index < -0.39 is 5.41 Å². The van der Waals surface area contributed by atoms with Gasteiger partial charge < -0.3 is 14.4 Å². The molecule has 6 nitrogen and oxygen atoms in total. The Hall–Kier alpha value is -2.34. The fourth-order valence-electron chi connectivity index (χ4n) is 4.34. The molecule has 2 heterocycles. The molecule has 0 N–H and O–H groups in total. The van der Waals surface area contributed by atoms with Crippen molar-refractivity contribution in [1.82, 2.24) is 15.1 Å². The summed E-state index contributed by atoms with van der Waals surface area (Å²) in [6, 6.07) is 11.2. The lowest BCUT2D eigenvalue weighted by molar-refractivity contribution is -0.136. The zero-order valence-electron chi connectivity index (χ0n) is 15.9. The van der Waals surface area contributed by atoms with Crippen molar-refractivity contribution in [2.45, 2.75) is 43.6 Å². The van der Waals surface area contributed by atoms with E-state index >= 15 is 0 Å². The van der Waals surface area contributed by atoms with Gasteiger partial charge in [-0.25, -0.2) is 0 Å². The Morgan fingerprint density at radius 3 is 2.43 bits per heavy atom. The van der Waals surface area contributed by atoms with Gasteiger partial charge in [0.25, 0.3) is 0 Å². The predicted octanol–water partition coefficient (Wildman–Crippen LogP) is 3.63. The number of carbonyl (C=O) groups excluding carboxylic acids is 1. The van der Waals surface area contributed by atoms with Gasteiger partial charge in [0.2, 0.25) is 17.7 Å². The molecule has 148 valence electrons. The zero-order valence-corrected chi connectivity index (χ0v) is 16.7. The summed E-state index contributed by atoms with van der Waals surface area (Å²) < 4.78 is 10.9. The molecule has 1 aliphatic carbocycles. The van der Waals surface area contributed by atoms with E-state index in [0.717, 1.165) is 37.7 Å². The molecule has 0 bridgehead atoms. The molecule has 1 unspecified atom stereocenters. The third-order valence-electron chi connectivity index (χ3n) is 5.81. The molecule has 0 radical (unpaired) electrons. The van der Waals surface area contributed by atoms with Crippen LogP contribution in [0.1, 0.15) is 37.7 Å². The maximum atomic E-state index is 13.5. The lowest BCUT2D eigenvalue weighted by Crippen LogP contribution is -2.45. The molecular weight excluding hydrogens is 378 g/mol. The number of amides is 1. The second kappa shape index (κ2) is 7.95. The molecule has 28 heavy (non-hydrogen) atoms. The first-order chi connectivity index (χ1) is 13.6. The molecule has 1 aromatic heterocycles. The number of benzene rings is 1. The van der Waals surface area contributed by atoms with Crippen LogP contribution in [0.4, 0.5) is 0 Å². The summed E-state index contributed by atoms with van der Waals surface area (Å²) in [5.74, 6) is 1.11. The van der Waals surface area contributed by atoms with E-state index in [-0.39, 0.29) is 12.0 Å². The summed E-state index contributed by atoms with van der Waals surface area (Å²) in [7, 11) is 1.55. The van der Waals surface area contributed by atoms with Crippen molar-refractivity contribution in [1.29, 1.82) is 0 Å². The van der Waals surface area contributed by atoms with Crippen molar-refractivity contribution in [3.63, 3.8) is 0 Å². The van der Waals surface area contributed by atoms with Crippen LogP contribution in [0, 0.1) is 0 Å². The molecule has 2 aliphatic rings. The number of hydrogen-bond donors (Lipinski definition) is 0. The van der Waals surface area contributed by atoms with E-state index in [4.69, 9.17) is 21.1 Å². The van der Waals surface area contributed by atoms with E-state index in [0.29, 0.717) is 29.9 Å². The first kappa shape index (κ1) is 19.0. The van der Waals surface area contributed by atoms with Crippen LogP contribution in [0.5, 0.6) is 11.8 Å². The number of rotatable bonds is 5. The van der Waals surface area contributed by atoms with Gasteiger partial charge in [0.05, 0.1) is 19.1 Å². The van der Waals surface area contributed by atoms with Gasteiger partial charge in [-0.1, -0.05) is 36.6 Å². The van der Waals surface area contributed by atoms with Gasteiger partial charge in [0, 0.05) is 30.1 Å². The molecule has 4 rings (SSSR count). The van der Waals surface area contributed by atoms with Gasteiger partial charge in [-0.3, -0.25) is 4.79 Å². The number of ether oxygens (including phenoxy) is 2. The number of hydrogen-bond acceptors (Lipinski definition) is 5. The van der Waals surface area contributed by atoms with E-state index in [2.05, 4.69) is 10.2 Å². The molecule has 1 amide bonds. The number of halogens is 1. The minimum Gasteiger partial charge on any atom is -0.480 e. The standard InChI is InChI=1S/C21H24ClN3O3/c1-27-18-8-9-19(24-23-18)28-17-10-13-25(14-17)20(26)21(11-2-3-12-21)15-4-6-16(22)7-5-15/h4-9,17H,2-3,10-14H2,1H3. The number of nitrogens with zero attached hydrogens (tertiary/aromatic N) is 3. The lowest BCUT2D eigenvalue weighted by atomic mass is 9.77. The second-order valence-electron chi connectivity index (χ2n) is 7.49. The van der Waals surface area contributed by atoms with Crippen LogP contribution in [-0.4, -0.2) is 47.3 Å². The van der Waals surface area contributed by atoms with Crippen LogP contribution in [0.25, 0.3) is 0 Å². The molecular formula is C21H24ClN3O3. The van der Waals surface area contributed by atoms with Gasteiger partial charge in [-0.2, -0.15) is 0 Å². The monoisotopic (exact) mass is 401 g/mol. The molecule has 1 saturated heterocycles. The van der Waals surface area contributed by atoms with E-state index in [1.54, 1.807) is 19.2 Å². The highest BCUT2D eigenvalue weighted by Gasteiger charge is 2.46. The van der Waals surface area contributed by atoms with Crippen molar-refractivity contribution in [3.05, 3.63) is 47.0 Å². The first-order valence-electron chi connectivity index (χ1n) is 9.70. The molecule has 0 spiro atoms. The summed E-state index contributed by atoms with van der Waals surface area (Å²) >= 11 is 6.05. The summed E-state index contributed by atoms with van der Waals surface area (Å²) in [6.07, 6.45) is 4.64. The third-order valence-corrected chi connectivity index (χ3v) is 6.06. The van der Waals surface area contributed by atoms with Crippen molar-refractivity contribution in [2.24, 2.45) is 0 Å². The van der Waals surface area contributed by atoms with Crippen LogP contribution in [-0.2, 0) is 10.2 Å².